The van der Waals surface area contributed by atoms with Gasteiger partial charge in [0.15, 0.2) is 0 Å². The van der Waals surface area contributed by atoms with Gasteiger partial charge in [-0.25, -0.2) is 4.79 Å². The normalized spacial score (nSPS) is 10.8. The summed E-state index contributed by atoms with van der Waals surface area (Å²) < 4.78 is 1.54. The van der Waals surface area contributed by atoms with E-state index >= 15 is 0 Å². The van der Waals surface area contributed by atoms with Gasteiger partial charge < -0.3 is 0 Å². The second-order valence-electron chi connectivity index (χ2n) is 5.66. The summed E-state index contributed by atoms with van der Waals surface area (Å²) in [7, 11) is 0. The van der Waals surface area contributed by atoms with Crippen molar-refractivity contribution in [1.82, 2.24) is 9.55 Å². The SMILES string of the molecule is CSc1ccc(-c2cc(=O)[nH]c(=O)n2-c2ccc(C)c(C)c2)cc1. The molecule has 0 bridgehead atoms. The van der Waals surface area contributed by atoms with Gasteiger partial charge in [0.2, 0.25) is 0 Å². The topological polar surface area (TPSA) is 54.9 Å². The molecule has 3 rings (SSSR count). The molecule has 0 aliphatic carbocycles. The van der Waals surface area contributed by atoms with Gasteiger partial charge in [-0.2, -0.15) is 0 Å². The Balaban J connectivity index is 2.27. The summed E-state index contributed by atoms with van der Waals surface area (Å²) in [5.41, 5.74) is 3.56. The molecule has 1 N–H and O–H groups in total. The number of rotatable bonds is 3. The fourth-order valence-corrected chi connectivity index (χ4v) is 3.00. The maximum atomic E-state index is 12.5. The monoisotopic (exact) mass is 338 g/mol. The summed E-state index contributed by atoms with van der Waals surface area (Å²) in [5.74, 6) is 0. The lowest BCUT2D eigenvalue weighted by Gasteiger charge is -2.14. The van der Waals surface area contributed by atoms with Crippen LogP contribution in [0.15, 0.2) is 63.0 Å². The molecule has 0 saturated carbocycles. The van der Waals surface area contributed by atoms with Crippen LogP contribution in [0, 0.1) is 13.8 Å². The third-order valence-corrected chi connectivity index (χ3v) is 4.82. The minimum Gasteiger partial charge on any atom is -0.274 e. The molecule has 0 saturated heterocycles. The van der Waals surface area contributed by atoms with Crippen molar-refractivity contribution in [2.75, 3.05) is 6.26 Å². The highest BCUT2D eigenvalue weighted by atomic mass is 32.2. The van der Waals surface area contributed by atoms with Crippen LogP contribution < -0.4 is 11.2 Å². The van der Waals surface area contributed by atoms with Gasteiger partial charge in [-0.15, -0.1) is 11.8 Å². The lowest BCUT2D eigenvalue weighted by Crippen LogP contribution is -2.29. The average Bonchev–Trinajstić information content (AvgIpc) is 2.57. The first-order chi connectivity index (χ1) is 11.5. The smallest absolute Gasteiger partial charge is 0.274 e. The fraction of sp³-hybridized carbons (Fsp3) is 0.158. The zero-order valence-electron chi connectivity index (χ0n) is 13.8. The van der Waals surface area contributed by atoms with Crippen molar-refractivity contribution in [2.45, 2.75) is 18.7 Å². The molecular weight excluding hydrogens is 320 g/mol. The molecule has 0 aliphatic rings. The second-order valence-corrected chi connectivity index (χ2v) is 6.54. The van der Waals surface area contributed by atoms with E-state index in [1.807, 2.05) is 62.6 Å². The van der Waals surface area contributed by atoms with Gasteiger partial charge in [-0.05, 0) is 61.1 Å². The minimum absolute atomic E-state index is 0.399. The summed E-state index contributed by atoms with van der Waals surface area (Å²) in [4.78, 5) is 27.8. The molecule has 0 unspecified atom stereocenters. The zero-order valence-corrected chi connectivity index (χ0v) is 14.6. The molecule has 0 aliphatic heterocycles. The van der Waals surface area contributed by atoms with Gasteiger partial charge in [0.05, 0.1) is 11.4 Å². The Morgan fingerprint density at radius 1 is 0.917 bits per heavy atom. The predicted molar refractivity (Wildman–Crippen MR) is 99.4 cm³/mol. The Hall–Kier alpha value is -2.53. The molecule has 24 heavy (non-hydrogen) atoms. The number of nitrogens with zero attached hydrogens (tertiary/aromatic N) is 1. The molecule has 0 spiro atoms. The molecular formula is C19H18N2O2S. The van der Waals surface area contributed by atoms with Crippen molar-refractivity contribution in [2.24, 2.45) is 0 Å². The van der Waals surface area contributed by atoms with Crippen molar-refractivity contribution < 1.29 is 0 Å². The lowest BCUT2D eigenvalue weighted by molar-refractivity contribution is 0.902. The number of aromatic nitrogens is 2. The molecule has 0 atom stereocenters. The van der Waals surface area contributed by atoms with Crippen LogP contribution in [-0.2, 0) is 0 Å². The Bertz CT molecular complexity index is 1000. The number of aryl methyl sites for hydroxylation is 2. The first-order valence-electron chi connectivity index (χ1n) is 7.58. The molecule has 1 aromatic heterocycles. The highest BCUT2D eigenvalue weighted by Crippen LogP contribution is 2.24. The quantitative estimate of drug-likeness (QED) is 0.743. The predicted octanol–water partition coefficient (Wildman–Crippen LogP) is 3.53. The first-order valence-corrected chi connectivity index (χ1v) is 8.80. The van der Waals surface area contributed by atoms with E-state index in [1.54, 1.807) is 16.3 Å². The summed E-state index contributed by atoms with van der Waals surface area (Å²) in [5, 5.41) is 0. The third kappa shape index (κ3) is 3.08. The van der Waals surface area contributed by atoms with Crippen LogP contribution in [0.3, 0.4) is 0 Å². The van der Waals surface area contributed by atoms with E-state index in [9.17, 15) is 9.59 Å². The fourth-order valence-electron chi connectivity index (χ4n) is 2.59. The van der Waals surface area contributed by atoms with E-state index < -0.39 is 11.2 Å². The Morgan fingerprint density at radius 2 is 1.62 bits per heavy atom. The summed E-state index contributed by atoms with van der Waals surface area (Å²) >= 11 is 1.65. The first kappa shape index (κ1) is 16.3. The van der Waals surface area contributed by atoms with Crippen molar-refractivity contribution in [1.29, 1.82) is 0 Å². The number of hydrogen-bond donors (Lipinski definition) is 1. The zero-order chi connectivity index (χ0) is 17.3. The molecule has 122 valence electrons. The number of hydrogen-bond acceptors (Lipinski definition) is 3. The Kier molecular flexibility index (Phi) is 4.44. The maximum Gasteiger partial charge on any atom is 0.333 e. The molecule has 5 heteroatoms. The molecule has 0 fully saturated rings. The van der Waals surface area contributed by atoms with E-state index in [0.717, 1.165) is 27.3 Å². The van der Waals surface area contributed by atoms with E-state index in [2.05, 4.69) is 4.98 Å². The highest BCUT2D eigenvalue weighted by molar-refractivity contribution is 7.98. The van der Waals surface area contributed by atoms with E-state index in [1.165, 1.54) is 6.07 Å². The van der Waals surface area contributed by atoms with Crippen LogP contribution in [-0.4, -0.2) is 15.8 Å². The number of aromatic amines is 1. The van der Waals surface area contributed by atoms with Crippen LogP contribution in [0.5, 0.6) is 0 Å². The van der Waals surface area contributed by atoms with Crippen LogP contribution in [0.1, 0.15) is 11.1 Å². The molecule has 0 amide bonds. The second kappa shape index (κ2) is 6.53. The van der Waals surface area contributed by atoms with Gasteiger partial charge in [0.1, 0.15) is 0 Å². The van der Waals surface area contributed by atoms with E-state index in [-0.39, 0.29) is 0 Å². The van der Waals surface area contributed by atoms with Crippen molar-refractivity contribution in [3.8, 4) is 16.9 Å². The van der Waals surface area contributed by atoms with Crippen LogP contribution >= 0.6 is 11.8 Å². The molecule has 3 aromatic rings. The summed E-state index contributed by atoms with van der Waals surface area (Å²) in [6, 6.07) is 15.1. The maximum absolute atomic E-state index is 12.5. The minimum atomic E-state index is -0.435. The third-order valence-electron chi connectivity index (χ3n) is 4.08. The van der Waals surface area contributed by atoms with Gasteiger partial charge in [0, 0.05) is 11.0 Å². The van der Waals surface area contributed by atoms with Gasteiger partial charge in [-0.3, -0.25) is 14.3 Å². The van der Waals surface area contributed by atoms with Crippen molar-refractivity contribution in [3.63, 3.8) is 0 Å². The van der Waals surface area contributed by atoms with Gasteiger partial charge in [-0.1, -0.05) is 18.2 Å². The molecule has 1 heterocycles. The molecule has 4 nitrogen and oxygen atoms in total. The van der Waals surface area contributed by atoms with Crippen LogP contribution in [0.25, 0.3) is 16.9 Å². The van der Waals surface area contributed by atoms with E-state index in [0.29, 0.717) is 5.69 Å². The number of nitrogens with one attached hydrogen (secondary N) is 1. The van der Waals surface area contributed by atoms with Gasteiger partial charge >= 0.3 is 5.69 Å². The summed E-state index contributed by atoms with van der Waals surface area (Å²) in [6.07, 6.45) is 2.01. The highest BCUT2D eigenvalue weighted by Gasteiger charge is 2.11. The molecule has 0 radical (unpaired) electrons. The van der Waals surface area contributed by atoms with Crippen LogP contribution in [0.4, 0.5) is 0 Å². The largest absolute Gasteiger partial charge is 0.333 e. The van der Waals surface area contributed by atoms with Crippen LogP contribution in [0.2, 0.25) is 0 Å². The number of H-pyrrole nitrogens is 1. The average molecular weight is 338 g/mol. The standard InChI is InChI=1S/C19H18N2O2S/c1-12-4-7-15(10-13(12)2)21-17(11-18(22)20-19(21)23)14-5-8-16(24-3)9-6-14/h4-11H,1-3H3,(H,20,22,23). The van der Waals surface area contributed by atoms with Crippen molar-refractivity contribution in [3.05, 3.63) is 80.5 Å². The lowest BCUT2D eigenvalue weighted by atomic mass is 10.1. The van der Waals surface area contributed by atoms with Gasteiger partial charge in [0.25, 0.3) is 5.56 Å². The van der Waals surface area contributed by atoms with Crippen molar-refractivity contribution >= 4 is 11.8 Å². The number of benzene rings is 2. The van der Waals surface area contributed by atoms with E-state index in [4.69, 9.17) is 0 Å². The Labute approximate surface area is 144 Å². The summed E-state index contributed by atoms with van der Waals surface area (Å²) in [6.45, 7) is 4.03. The molecule has 2 aromatic carbocycles. The number of thioether (sulfide) groups is 1. The Morgan fingerprint density at radius 3 is 2.25 bits per heavy atom.